The van der Waals surface area contributed by atoms with Gasteiger partial charge in [-0.3, -0.25) is 0 Å². The molecule has 0 aliphatic carbocycles. The van der Waals surface area contributed by atoms with Crippen LogP contribution in [0, 0.1) is 0 Å². The van der Waals surface area contributed by atoms with Crippen LogP contribution in [-0.2, 0) is 0 Å². The van der Waals surface area contributed by atoms with Crippen LogP contribution in [0.3, 0.4) is 0 Å². The minimum Gasteiger partial charge on any atom is -0.478 e. The van der Waals surface area contributed by atoms with Crippen LogP contribution in [0.5, 0.6) is 5.88 Å². The van der Waals surface area contributed by atoms with E-state index in [1.807, 2.05) is 18.2 Å². The number of nitrogens with one attached hydrogen (secondary N) is 1. The molecular weight excluding hydrogens is 236 g/mol. The molecule has 0 fully saturated rings. The molecular formula is C16H28N2O. The van der Waals surface area contributed by atoms with Crippen molar-refractivity contribution in [1.82, 2.24) is 4.98 Å². The summed E-state index contributed by atoms with van der Waals surface area (Å²) >= 11 is 0. The molecule has 0 aliphatic heterocycles. The highest BCUT2D eigenvalue weighted by Gasteiger charge is 1.98. The Balaban J connectivity index is 2.14. The van der Waals surface area contributed by atoms with Gasteiger partial charge in [0.25, 0.3) is 0 Å². The fourth-order valence-electron chi connectivity index (χ4n) is 1.91. The number of aromatic nitrogens is 1. The third kappa shape index (κ3) is 7.70. The second kappa shape index (κ2) is 10.7. The van der Waals surface area contributed by atoms with E-state index >= 15 is 0 Å². The maximum Gasteiger partial charge on any atom is 0.215 e. The molecule has 1 rings (SSSR count). The lowest BCUT2D eigenvalue weighted by Crippen LogP contribution is -2.04. The summed E-state index contributed by atoms with van der Waals surface area (Å²) in [5.41, 5.74) is 0. The standard InChI is InChI=1S/C16H28N2O/c1-3-5-6-7-8-9-14-19-16-12-10-11-15(18-16)17-13-4-2/h10-12H,3-9,13-14H2,1-2H3,(H,17,18). The van der Waals surface area contributed by atoms with Crippen molar-refractivity contribution in [3.05, 3.63) is 18.2 Å². The second-order valence-electron chi connectivity index (χ2n) is 4.90. The molecule has 1 aromatic heterocycles. The molecule has 0 aliphatic rings. The summed E-state index contributed by atoms with van der Waals surface area (Å²) in [6.07, 6.45) is 8.82. The summed E-state index contributed by atoms with van der Waals surface area (Å²) in [4.78, 5) is 4.42. The van der Waals surface area contributed by atoms with Crippen LogP contribution >= 0.6 is 0 Å². The minimum atomic E-state index is 0.731. The zero-order valence-corrected chi connectivity index (χ0v) is 12.5. The van der Waals surface area contributed by atoms with Crippen molar-refractivity contribution in [3.8, 4) is 5.88 Å². The highest BCUT2D eigenvalue weighted by Crippen LogP contribution is 2.12. The van der Waals surface area contributed by atoms with Crippen molar-refractivity contribution in [1.29, 1.82) is 0 Å². The van der Waals surface area contributed by atoms with E-state index in [1.165, 1.54) is 32.1 Å². The molecule has 1 aromatic rings. The highest BCUT2D eigenvalue weighted by molar-refractivity contribution is 5.36. The van der Waals surface area contributed by atoms with Crippen LogP contribution < -0.4 is 10.1 Å². The van der Waals surface area contributed by atoms with E-state index in [0.717, 1.165) is 37.7 Å². The number of anilines is 1. The van der Waals surface area contributed by atoms with Crippen molar-refractivity contribution in [3.63, 3.8) is 0 Å². The maximum absolute atomic E-state index is 5.68. The largest absolute Gasteiger partial charge is 0.478 e. The van der Waals surface area contributed by atoms with Crippen LogP contribution in [0.2, 0.25) is 0 Å². The second-order valence-corrected chi connectivity index (χ2v) is 4.90. The number of pyridine rings is 1. The predicted octanol–water partition coefficient (Wildman–Crippen LogP) is 4.64. The fraction of sp³-hybridized carbons (Fsp3) is 0.688. The summed E-state index contributed by atoms with van der Waals surface area (Å²) < 4.78 is 5.68. The van der Waals surface area contributed by atoms with Gasteiger partial charge in [-0.1, -0.05) is 52.0 Å². The predicted molar refractivity (Wildman–Crippen MR) is 81.9 cm³/mol. The zero-order chi connectivity index (χ0) is 13.8. The van der Waals surface area contributed by atoms with E-state index in [1.54, 1.807) is 0 Å². The summed E-state index contributed by atoms with van der Waals surface area (Å²) in [6, 6.07) is 5.89. The van der Waals surface area contributed by atoms with Gasteiger partial charge in [0.1, 0.15) is 5.82 Å². The molecule has 3 nitrogen and oxygen atoms in total. The van der Waals surface area contributed by atoms with Crippen LogP contribution in [0.4, 0.5) is 5.82 Å². The lowest BCUT2D eigenvalue weighted by atomic mass is 10.1. The maximum atomic E-state index is 5.68. The van der Waals surface area contributed by atoms with E-state index in [-0.39, 0.29) is 0 Å². The lowest BCUT2D eigenvalue weighted by molar-refractivity contribution is 0.293. The molecule has 108 valence electrons. The van der Waals surface area contributed by atoms with Crippen molar-refractivity contribution in [2.45, 2.75) is 58.8 Å². The summed E-state index contributed by atoms with van der Waals surface area (Å²) in [6.45, 7) is 6.12. The molecule has 0 amide bonds. The Kier molecular flexibility index (Phi) is 8.86. The Hall–Kier alpha value is -1.25. The molecule has 0 atom stereocenters. The monoisotopic (exact) mass is 264 g/mol. The Morgan fingerprint density at radius 1 is 1.00 bits per heavy atom. The molecule has 0 radical (unpaired) electrons. The third-order valence-corrected chi connectivity index (χ3v) is 3.03. The van der Waals surface area contributed by atoms with E-state index in [9.17, 15) is 0 Å². The van der Waals surface area contributed by atoms with Gasteiger partial charge in [0, 0.05) is 12.6 Å². The average molecular weight is 264 g/mol. The number of nitrogens with zero attached hydrogens (tertiary/aromatic N) is 1. The molecule has 0 bridgehead atoms. The van der Waals surface area contributed by atoms with Gasteiger partial charge >= 0.3 is 0 Å². The quantitative estimate of drug-likeness (QED) is 0.591. The third-order valence-electron chi connectivity index (χ3n) is 3.03. The smallest absolute Gasteiger partial charge is 0.215 e. The molecule has 3 heteroatoms. The van der Waals surface area contributed by atoms with Crippen molar-refractivity contribution in [2.24, 2.45) is 0 Å². The lowest BCUT2D eigenvalue weighted by Gasteiger charge is -2.08. The molecule has 0 saturated carbocycles. The SMILES string of the molecule is CCCCCCCCOc1cccc(NCCC)n1. The summed E-state index contributed by atoms with van der Waals surface area (Å²) in [5.74, 6) is 1.64. The first-order chi connectivity index (χ1) is 9.36. The summed E-state index contributed by atoms with van der Waals surface area (Å²) in [7, 11) is 0. The van der Waals surface area contributed by atoms with Crippen molar-refractivity contribution >= 4 is 5.82 Å². The molecule has 0 unspecified atom stereocenters. The van der Waals surface area contributed by atoms with Gasteiger partial charge < -0.3 is 10.1 Å². The fourth-order valence-corrected chi connectivity index (χ4v) is 1.91. The highest BCUT2D eigenvalue weighted by atomic mass is 16.5. The molecule has 0 aromatic carbocycles. The first-order valence-corrected chi connectivity index (χ1v) is 7.70. The van der Waals surface area contributed by atoms with Crippen LogP contribution in [-0.4, -0.2) is 18.1 Å². The van der Waals surface area contributed by atoms with Crippen molar-refractivity contribution in [2.75, 3.05) is 18.5 Å². The molecule has 19 heavy (non-hydrogen) atoms. The molecule has 1 heterocycles. The van der Waals surface area contributed by atoms with Gasteiger partial charge in [-0.25, -0.2) is 0 Å². The van der Waals surface area contributed by atoms with Crippen molar-refractivity contribution < 1.29 is 4.74 Å². The Morgan fingerprint density at radius 3 is 2.58 bits per heavy atom. The van der Waals surface area contributed by atoms with E-state index in [2.05, 4.69) is 24.1 Å². The number of unbranched alkanes of at least 4 members (excludes halogenated alkanes) is 5. The Morgan fingerprint density at radius 2 is 1.79 bits per heavy atom. The Bertz CT molecular complexity index is 328. The van der Waals surface area contributed by atoms with Gasteiger partial charge in [0.05, 0.1) is 6.61 Å². The first-order valence-electron chi connectivity index (χ1n) is 7.70. The van der Waals surface area contributed by atoms with Crippen LogP contribution in [0.15, 0.2) is 18.2 Å². The first kappa shape index (κ1) is 15.8. The minimum absolute atomic E-state index is 0.731. The van der Waals surface area contributed by atoms with Crippen LogP contribution in [0.1, 0.15) is 58.8 Å². The van der Waals surface area contributed by atoms with E-state index in [4.69, 9.17) is 4.74 Å². The average Bonchev–Trinajstić information content (AvgIpc) is 2.44. The van der Waals surface area contributed by atoms with Gasteiger partial charge in [0.2, 0.25) is 5.88 Å². The van der Waals surface area contributed by atoms with E-state index < -0.39 is 0 Å². The number of hydrogen-bond acceptors (Lipinski definition) is 3. The Labute approximate surface area is 117 Å². The molecule has 0 spiro atoms. The van der Waals surface area contributed by atoms with Gasteiger partial charge in [0.15, 0.2) is 0 Å². The number of ether oxygens (including phenoxy) is 1. The molecule has 0 saturated heterocycles. The van der Waals surface area contributed by atoms with E-state index in [0.29, 0.717) is 0 Å². The topological polar surface area (TPSA) is 34.1 Å². The summed E-state index contributed by atoms with van der Waals surface area (Å²) in [5, 5.41) is 3.27. The molecule has 1 N–H and O–H groups in total. The van der Waals surface area contributed by atoms with Gasteiger partial charge in [-0.2, -0.15) is 4.98 Å². The number of hydrogen-bond donors (Lipinski definition) is 1. The van der Waals surface area contributed by atoms with Crippen LogP contribution in [0.25, 0.3) is 0 Å². The van der Waals surface area contributed by atoms with Gasteiger partial charge in [-0.05, 0) is 18.9 Å². The normalized spacial score (nSPS) is 10.4. The number of rotatable bonds is 11. The zero-order valence-electron chi connectivity index (χ0n) is 12.5. The van der Waals surface area contributed by atoms with Gasteiger partial charge in [-0.15, -0.1) is 0 Å².